The zero-order chi connectivity index (χ0) is 16.9. The molecule has 0 unspecified atom stereocenters. The van der Waals surface area contributed by atoms with Crippen molar-refractivity contribution in [2.45, 2.75) is 25.8 Å². The Hall–Kier alpha value is -2.64. The van der Waals surface area contributed by atoms with Gasteiger partial charge in [-0.25, -0.2) is 4.98 Å². The molecule has 3 rings (SSSR count). The maximum atomic E-state index is 12.2. The van der Waals surface area contributed by atoms with Gasteiger partial charge in [0.15, 0.2) is 5.82 Å². The molecule has 0 saturated carbocycles. The lowest BCUT2D eigenvalue weighted by Crippen LogP contribution is -2.31. The SMILES string of the molecule is CN(C)c1nc(N2CCCCC2)ncc1NC(=O)Cn1cccn1. The number of carbonyl (C=O) groups excluding carboxylic acids is 1. The van der Waals surface area contributed by atoms with Crippen LogP contribution in [0, 0.1) is 0 Å². The van der Waals surface area contributed by atoms with E-state index in [9.17, 15) is 4.79 Å². The molecule has 1 aliphatic heterocycles. The molecule has 8 heteroatoms. The minimum Gasteiger partial charge on any atom is -0.361 e. The van der Waals surface area contributed by atoms with E-state index >= 15 is 0 Å². The van der Waals surface area contributed by atoms with Crippen molar-refractivity contribution in [3.63, 3.8) is 0 Å². The summed E-state index contributed by atoms with van der Waals surface area (Å²) in [5.41, 5.74) is 0.609. The molecule has 1 saturated heterocycles. The van der Waals surface area contributed by atoms with Crippen molar-refractivity contribution in [2.75, 3.05) is 42.3 Å². The van der Waals surface area contributed by atoms with Gasteiger partial charge < -0.3 is 15.1 Å². The number of carbonyl (C=O) groups is 1. The largest absolute Gasteiger partial charge is 0.361 e. The Morgan fingerprint density at radius 1 is 1.29 bits per heavy atom. The van der Waals surface area contributed by atoms with E-state index in [4.69, 9.17) is 0 Å². The van der Waals surface area contributed by atoms with E-state index in [1.54, 1.807) is 29.3 Å². The molecule has 128 valence electrons. The van der Waals surface area contributed by atoms with E-state index in [2.05, 4.69) is 25.3 Å². The Balaban J connectivity index is 1.75. The van der Waals surface area contributed by atoms with Crippen LogP contribution in [0.15, 0.2) is 24.7 Å². The van der Waals surface area contributed by atoms with Crippen LogP contribution in [-0.2, 0) is 11.3 Å². The first kappa shape index (κ1) is 16.2. The van der Waals surface area contributed by atoms with Gasteiger partial charge in [0.2, 0.25) is 11.9 Å². The number of hydrogen-bond donors (Lipinski definition) is 1. The average molecular weight is 329 g/mol. The summed E-state index contributed by atoms with van der Waals surface area (Å²) in [4.78, 5) is 25.4. The zero-order valence-electron chi connectivity index (χ0n) is 14.1. The van der Waals surface area contributed by atoms with Crippen LogP contribution in [0.1, 0.15) is 19.3 Å². The topological polar surface area (TPSA) is 79.2 Å². The molecule has 0 spiro atoms. The summed E-state index contributed by atoms with van der Waals surface area (Å²) < 4.78 is 1.58. The third kappa shape index (κ3) is 3.81. The van der Waals surface area contributed by atoms with Crippen LogP contribution < -0.4 is 15.1 Å². The van der Waals surface area contributed by atoms with Crippen LogP contribution >= 0.6 is 0 Å². The molecule has 24 heavy (non-hydrogen) atoms. The van der Waals surface area contributed by atoms with Gasteiger partial charge in [-0.2, -0.15) is 10.1 Å². The molecule has 0 radical (unpaired) electrons. The zero-order valence-corrected chi connectivity index (χ0v) is 14.1. The molecule has 0 aliphatic carbocycles. The lowest BCUT2D eigenvalue weighted by atomic mass is 10.1. The van der Waals surface area contributed by atoms with E-state index in [1.165, 1.54) is 19.3 Å². The Bertz CT molecular complexity index is 678. The van der Waals surface area contributed by atoms with Crippen LogP contribution in [0.3, 0.4) is 0 Å². The predicted octanol–water partition coefficient (Wildman–Crippen LogP) is 1.37. The van der Waals surface area contributed by atoms with E-state index in [-0.39, 0.29) is 12.5 Å². The van der Waals surface area contributed by atoms with Gasteiger partial charge in [-0.15, -0.1) is 0 Å². The smallest absolute Gasteiger partial charge is 0.246 e. The number of amides is 1. The summed E-state index contributed by atoms with van der Waals surface area (Å²) in [7, 11) is 3.82. The summed E-state index contributed by atoms with van der Waals surface area (Å²) in [5.74, 6) is 1.28. The first-order valence-electron chi connectivity index (χ1n) is 8.20. The van der Waals surface area contributed by atoms with Crippen molar-refractivity contribution in [1.82, 2.24) is 19.7 Å². The molecule has 3 heterocycles. The van der Waals surface area contributed by atoms with Gasteiger partial charge in [0.25, 0.3) is 0 Å². The maximum absolute atomic E-state index is 12.2. The first-order chi connectivity index (χ1) is 11.6. The number of aromatic nitrogens is 4. The van der Waals surface area contributed by atoms with Crippen molar-refractivity contribution in [3.8, 4) is 0 Å². The molecule has 8 nitrogen and oxygen atoms in total. The average Bonchev–Trinajstić information content (AvgIpc) is 3.08. The highest BCUT2D eigenvalue weighted by Gasteiger charge is 2.17. The minimum absolute atomic E-state index is 0.156. The van der Waals surface area contributed by atoms with Gasteiger partial charge in [-0.05, 0) is 25.3 Å². The van der Waals surface area contributed by atoms with Gasteiger partial charge in [0, 0.05) is 39.6 Å². The standard InChI is InChI=1S/C16H23N7O/c1-21(2)15-13(19-14(24)12-23-10-6-7-18-23)11-17-16(20-15)22-8-4-3-5-9-22/h6-7,10-11H,3-5,8-9,12H2,1-2H3,(H,19,24). The quantitative estimate of drug-likeness (QED) is 0.892. The first-order valence-corrected chi connectivity index (χ1v) is 8.20. The third-order valence-electron chi connectivity index (χ3n) is 3.96. The van der Waals surface area contributed by atoms with E-state index in [0.29, 0.717) is 11.5 Å². The van der Waals surface area contributed by atoms with Gasteiger partial charge >= 0.3 is 0 Å². The summed E-state index contributed by atoms with van der Waals surface area (Å²) in [6.07, 6.45) is 8.69. The van der Waals surface area contributed by atoms with E-state index < -0.39 is 0 Å². The normalized spacial score (nSPS) is 14.5. The molecule has 1 N–H and O–H groups in total. The number of nitrogens with zero attached hydrogens (tertiary/aromatic N) is 6. The number of piperidine rings is 1. The van der Waals surface area contributed by atoms with Crippen LogP contribution in [0.5, 0.6) is 0 Å². The van der Waals surface area contributed by atoms with Crippen molar-refractivity contribution >= 4 is 23.4 Å². The highest BCUT2D eigenvalue weighted by Crippen LogP contribution is 2.25. The summed E-state index contributed by atoms with van der Waals surface area (Å²) in [6.45, 7) is 2.13. The molecule has 0 bridgehead atoms. The van der Waals surface area contributed by atoms with Gasteiger partial charge in [0.05, 0.1) is 6.20 Å². The minimum atomic E-state index is -0.156. The molecule has 1 amide bonds. The van der Waals surface area contributed by atoms with E-state index in [1.807, 2.05) is 19.0 Å². The lowest BCUT2D eigenvalue weighted by Gasteiger charge is -2.28. The Morgan fingerprint density at radius 2 is 2.08 bits per heavy atom. The highest BCUT2D eigenvalue weighted by molar-refractivity contribution is 5.93. The molecular formula is C16H23N7O. The predicted molar refractivity (Wildman–Crippen MR) is 93.3 cm³/mol. The summed E-state index contributed by atoms with van der Waals surface area (Å²) >= 11 is 0. The van der Waals surface area contributed by atoms with Crippen molar-refractivity contribution in [2.24, 2.45) is 0 Å². The second kappa shape index (κ2) is 7.29. The Kier molecular flexibility index (Phi) is 4.93. The maximum Gasteiger partial charge on any atom is 0.246 e. The van der Waals surface area contributed by atoms with Crippen molar-refractivity contribution in [3.05, 3.63) is 24.7 Å². The number of nitrogens with one attached hydrogen (secondary N) is 1. The van der Waals surface area contributed by atoms with Crippen molar-refractivity contribution < 1.29 is 4.79 Å². The monoisotopic (exact) mass is 329 g/mol. The summed E-state index contributed by atoms with van der Waals surface area (Å²) in [6, 6.07) is 1.79. The second-order valence-electron chi connectivity index (χ2n) is 6.10. The fourth-order valence-corrected chi connectivity index (χ4v) is 2.77. The molecule has 1 fully saturated rings. The molecular weight excluding hydrogens is 306 g/mol. The van der Waals surface area contributed by atoms with E-state index in [0.717, 1.165) is 19.0 Å². The molecule has 2 aromatic rings. The van der Waals surface area contributed by atoms with Gasteiger partial charge in [-0.3, -0.25) is 9.48 Å². The second-order valence-corrected chi connectivity index (χ2v) is 6.10. The van der Waals surface area contributed by atoms with Crippen molar-refractivity contribution in [1.29, 1.82) is 0 Å². The lowest BCUT2D eigenvalue weighted by molar-refractivity contribution is -0.116. The summed E-state index contributed by atoms with van der Waals surface area (Å²) in [5, 5.41) is 6.91. The number of rotatable bonds is 5. The Labute approximate surface area is 141 Å². The molecule has 0 aromatic carbocycles. The molecule has 1 aliphatic rings. The Morgan fingerprint density at radius 3 is 2.75 bits per heavy atom. The van der Waals surface area contributed by atoms with Gasteiger partial charge in [0.1, 0.15) is 12.2 Å². The number of hydrogen-bond acceptors (Lipinski definition) is 6. The van der Waals surface area contributed by atoms with Gasteiger partial charge in [-0.1, -0.05) is 0 Å². The van der Waals surface area contributed by atoms with Crippen LogP contribution in [0.2, 0.25) is 0 Å². The molecule has 0 atom stereocenters. The third-order valence-corrected chi connectivity index (χ3v) is 3.96. The van der Waals surface area contributed by atoms with Crippen LogP contribution in [-0.4, -0.2) is 52.8 Å². The fourth-order valence-electron chi connectivity index (χ4n) is 2.77. The highest BCUT2D eigenvalue weighted by atomic mass is 16.2. The van der Waals surface area contributed by atoms with Crippen LogP contribution in [0.4, 0.5) is 17.5 Å². The molecule has 2 aromatic heterocycles. The number of anilines is 3. The van der Waals surface area contributed by atoms with Crippen LogP contribution in [0.25, 0.3) is 0 Å². The fraction of sp³-hybridized carbons (Fsp3) is 0.500.